The van der Waals surface area contributed by atoms with E-state index < -0.39 is 11.9 Å². The van der Waals surface area contributed by atoms with Gasteiger partial charge >= 0.3 is 5.97 Å². The van der Waals surface area contributed by atoms with Crippen LogP contribution in [0.4, 0.5) is 0 Å². The summed E-state index contributed by atoms with van der Waals surface area (Å²) in [6.07, 6.45) is -0.122. The van der Waals surface area contributed by atoms with E-state index in [0.29, 0.717) is 22.1 Å². The molecule has 1 amide bonds. The van der Waals surface area contributed by atoms with Crippen molar-refractivity contribution in [2.24, 2.45) is 17.2 Å². The fraction of sp³-hybridized carbons (Fsp3) is 0.0476. The monoisotopic (exact) mass is 461 g/mol. The van der Waals surface area contributed by atoms with Crippen molar-refractivity contribution in [2.45, 2.75) is 6.42 Å². The highest BCUT2D eigenvalue weighted by molar-refractivity contribution is 6.01. The van der Waals surface area contributed by atoms with Gasteiger partial charge in [-0.15, -0.1) is 24.8 Å². The molecule has 0 aliphatic rings. The number of hydrogen-bond acceptors (Lipinski definition) is 5. The third kappa shape index (κ3) is 5.71. The summed E-state index contributed by atoms with van der Waals surface area (Å²) >= 11 is 0. The van der Waals surface area contributed by atoms with Crippen LogP contribution in [0.1, 0.15) is 27.0 Å². The third-order valence-corrected chi connectivity index (χ3v) is 4.38. The number of benzene rings is 3. The Morgan fingerprint density at radius 3 is 1.87 bits per heavy atom. The van der Waals surface area contributed by atoms with E-state index in [2.05, 4.69) is 0 Å². The number of ether oxygens (including phenoxy) is 1. The van der Waals surface area contributed by atoms with Crippen molar-refractivity contribution in [1.82, 2.24) is 0 Å². The molecule has 0 atom stereocenters. The number of amides is 1. The summed E-state index contributed by atoms with van der Waals surface area (Å²) in [6, 6.07) is 14.5. The van der Waals surface area contributed by atoms with E-state index in [1.807, 2.05) is 0 Å². The van der Waals surface area contributed by atoms with E-state index >= 15 is 0 Å². The summed E-state index contributed by atoms with van der Waals surface area (Å²) < 4.78 is 5.52. The fourth-order valence-corrected chi connectivity index (χ4v) is 2.94. The Balaban J connectivity index is 0.00000240. The number of nitrogens with two attached hydrogens (primary N) is 3. The smallest absolute Gasteiger partial charge is 0.343 e. The molecule has 0 bridgehead atoms. The van der Waals surface area contributed by atoms with Crippen LogP contribution < -0.4 is 21.9 Å². The molecule has 0 spiro atoms. The van der Waals surface area contributed by atoms with Crippen LogP contribution in [0.3, 0.4) is 0 Å². The Morgan fingerprint density at radius 2 is 1.32 bits per heavy atom. The summed E-state index contributed by atoms with van der Waals surface area (Å²) in [5, 5.41) is 16.4. The number of nitrogen functional groups attached to an aromatic ring is 2. The molecule has 162 valence electrons. The molecule has 31 heavy (non-hydrogen) atoms. The van der Waals surface area contributed by atoms with Gasteiger partial charge in [0.2, 0.25) is 5.91 Å². The molecule has 8 nitrogen and oxygen atoms in total. The van der Waals surface area contributed by atoms with Crippen molar-refractivity contribution in [1.29, 1.82) is 10.8 Å². The second-order valence-corrected chi connectivity index (χ2v) is 6.42. The van der Waals surface area contributed by atoms with Gasteiger partial charge in [-0.25, -0.2) is 4.79 Å². The molecule has 0 fully saturated rings. The number of esters is 1. The van der Waals surface area contributed by atoms with Crippen LogP contribution >= 0.6 is 24.8 Å². The highest BCUT2D eigenvalue weighted by Crippen LogP contribution is 2.30. The molecule has 0 aromatic heterocycles. The van der Waals surface area contributed by atoms with Crippen molar-refractivity contribution in [3.63, 3.8) is 0 Å². The van der Waals surface area contributed by atoms with E-state index in [4.69, 9.17) is 32.8 Å². The van der Waals surface area contributed by atoms with Gasteiger partial charge < -0.3 is 21.9 Å². The first kappa shape index (κ1) is 25.4. The van der Waals surface area contributed by atoms with E-state index in [9.17, 15) is 9.59 Å². The van der Waals surface area contributed by atoms with Crippen LogP contribution in [-0.4, -0.2) is 23.5 Å². The zero-order valence-electron chi connectivity index (χ0n) is 16.2. The predicted molar refractivity (Wildman–Crippen MR) is 125 cm³/mol. The third-order valence-electron chi connectivity index (χ3n) is 4.38. The fourth-order valence-electron chi connectivity index (χ4n) is 2.94. The van der Waals surface area contributed by atoms with Crippen LogP contribution in [-0.2, 0) is 11.2 Å². The maximum absolute atomic E-state index is 12.5. The van der Waals surface area contributed by atoms with Crippen LogP contribution in [0.15, 0.2) is 54.6 Å². The quantitative estimate of drug-likeness (QED) is 0.164. The molecule has 0 aliphatic carbocycles. The summed E-state index contributed by atoms with van der Waals surface area (Å²) in [6.45, 7) is 0. The number of carbonyl (C=O) groups is 2. The molecule has 3 aromatic carbocycles. The van der Waals surface area contributed by atoms with Crippen LogP contribution in [0.5, 0.6) is 5.75 Å². The second-order valence-electron chi connectivity index (χ2n) is 6.42. The van der Waals surface area contributed by atoms with Gasteiger partial charge in [-0.05, 0) is 35.0 Å². The number of nitrogens with one attached hydrogen (secondary N) is 2. The molecule has 3 rings (SSSR count). The van der Waals surface area contributed by atoms with Gasteiger partial charge in [0.1, 0.15) is 17.4 Å². The van der Waals surface area contributed by atoms with E-state index in [0.717, 1.165) is 5.39 Å². The number of primary amides is 1. The van der Waals surface area contributed by atoms with Gasteiger partial charge in [-0.1, -0.05) is 30.3 Å². The lowest BCUT2D eigenvalue weighted by atomic mass is 9.98. The van der Waals surface area contributed by atoms with Gasteiger partial charge in [0.25, 0.3) is 0 Å². The zero-order chi connectivity index (χ0) is 21.1. The van der Waals surface area contributed by atoms with E-state index in [1.54, 1.807) is 42.5 Å². The zero-order valence-corrected chi connectivity index (χ0v) is 17.8. The van der Waals surface area contributed by atoms with Crippen molar-refractivity contribution in [3.05, 3.63) is 76.9 Å². The summed E-state index contributed by atoms with van der Waals surface area (Å²) in [4.78, 5) is 24.1. The number of carbonyl (C=O) groups excluding carboxylic acids is 2. The van der Waals surface area contributed by atoms with Gasteiger partial charge in [-0.3, -0.25) is 15.6 Å². The second kappa shape index (κ2) is 10.4. The molecule has 0 aliphatic heterocycles. The average Bonchev–Trinajstić information content (AvgIpc) is 2.68. The first-order valence-electron chi connectivity index (χ1n) is 8.61. The molecular formula is C21H21Cl2N5O3. The predicted octanol–water partition coefficient (Wildman–Crippen LogP) is 2.50. The Morgan fingerprint density at radius 1 is 0.774 bits per heavy atom. The van der Waals surface area contributed by atoms with Gasteiger partial charge in [0.15, 0.2) is 0 Å². The average molecular weight is 462 g/mol. The lowest BCUT2D eigenvalue weighted by Crippen LogP contribution is -2.17. The van der Waals surface area contributed by atoms with Gasteiger partial charge in [0.05, 0.1) is 12.0 Å². The van der Waals surface area contributed by atoms with Crippen LogP contribution in [0.2, 0.25) is 0 Å². The first-order valence-corrected chi connectivity index (χ1v) is 8.61. The van der Waals surface area contributed by atoms with Crippen LogP contribution in [0, 0.1) is 10.8 Å². The molecule has 10 heteroatoms. The minimum atomic E-state index is -0.620. The molecule has 0 radical (unpaired) electrons. The summed E-state index contributed by atoms with van der Waals surface area (Å²) in [7, 11) is 0. The van der Waals surface area contributed by atoms with E-state index in [1.165, 1.54) is 12.1 Å². The number of hydrogen-bond donors (Lipinski definition) is 5. The molecular weight excluding hydrogens is 441 g/mol. The minimum absolute atomic E-state index is 0. The molecule has 0 heterocycles. The van der Waals surface area contributed by atoms with Crippen molar-refractivity contribution < 1.29 is 14.3 Å². The maximum Gasteiger partial charge on any atom is 0.343 e. The lowest BCUT2D eigenvalue weighted by Gasteiger charge is -2.13. The number of amidine groups is 2. The Labute approximate surface area is 190 Å². The van der Waals surface area contributed by atoms with Crippen molar-refractivity contribution in [3.8, 4) is 5.75 Å². The Bertz CT molecular complexity index is 1160. The standard InChI is InChI=1S/C21H19N5O3.2ClH/c22-18(27)10-16-15-7-5-14(20(25)26)9-13(15)6-8-17(16)29-21(28)12-3-1-11(2-4-12)19(23)24;;/h1-9H,10H2,(H2,22,27)(H3,23,24)(H3,25,26);2*1H. The van der Waals surface area contributed by atoms with Gasteiger partial charge in [-0.2, -0.15) is 0 Å². The van der Waals surface area contributed by atoms with E-state index in [-0.39, 0.29) is 54.2 Å². The molecule has 3 aromatic rings. The van der Waals surface area contributed by atoms with Crippen molar-refractivity contribution in [2.75, 3.05) is 0 Å². The molecule has 8 N–H and O–H groups in total. The molecule has 0 saturated carbocycles. The summed E-state index contributed by atoms with van der Waals surface area (Å²) in [5.74, 6) is -1.16. The largest absolute Gasteiger partial charge is 0.423 e. The SMILES string of the molecule is Cl.Cl.N=C(N)c1ccc(C(=O)Oc2ccc3cc(C(=N)N)ccc3c2CC(N)=O)cc1. The Hall–Kier alpha value is -3.62. The first-order chi connectivity index (χ1) is 13.8. The normalized spacial score (nSPS) is 9.81. The molecule has 0 unspecified atom stereocenters. The number of rotatable bonds is 6. The highest BCUT2D eigenvalue weighted by Gasteiger charge is 2.16. The number of fused-ring (bicyclic) bond motifs is 1. The van der Waals surface area contributed by atoms with Crippen molar-refractivity contribution >= 4 is 59.1 Å². The maximum atomic E-state index is 12.5. The Kier molecular flexibility index (Phi) is 8.54. The lowest BCUT2D eigenvalue weighted by molar-refractivity contribution is -0.117. The highest BCUT2D eigenvalue weighted by atomic mass is 35.5. The van der Waals surface area contributed by atoms with Crippen LogP contribution in [0.25, 0.3) is 10.8 Å². The number of halogens is 2. The minimum Gasteiger partial charge on any atom is -0.423 e. The molecule has 0 saturated heterocycles. The van der Waals surface area contributed by atoms with Gasteiger partial charge in [0, 0.05) is 16.7 Å². The summed E-state index contributed by atoms with van der Waals surface area (Å²) in [5.41, 5.74) is 18.1. The topological polar surface area (TPSA) is 169 Å².